The van der Waals surface area contributed by atoms with Gasteiger partial charge in [0.1, 0.15) is 18.1 Å². The number of methoxy groups -OCH3 is 1. The summed E-state index contributed by atoms with van der Waals surface area (Å²) in [4.78, 5) is 51.9. The lowest BCUT2D eigenvalue weighted by Gasteiger charge is -2.49. The molecule has 0 radical (unpaired) electrons. The zero-order chi connectivity index (χ0) is 32.5. The highest BCUT2D eigenvalue weighted by atomic mass is 35.5. The molecule has 3 aromatic rings. The van der Waals surface area contributed by atoms with Gasteiger partial charge in [-0.2, -0.15) is 0 Å². The van der Waals surface area contributed by atoms with E-state index in [9.17, 15) is 22.8 Å². The summed E-state index contributed by atoms with van der Waals surface area (Å²) in [6.07, 6.45) is 4.99. The Balaban J connectivity index is 1.55. The van der Waals surface area contributed by atoms with Crippen LogP contribution in [0.1, 0.15) is 75.4 Å². The first kappa shape index (κ1) is 32.9. The zero-order valence-corrected chi connectivity index (χ0v) is 27.2. The number of nitrogens with one attached hydrogen (secondary N) is 2. The number of hydrogen-bond acceptors (Lipinski definition) is 8. The molecule has 0 unspecified atom stereocenters. The van der Waals surface area contributed by atoms with Gasteiger partial charge in [-0.3, -0.25) is 14.4 Å². The number of amides is 2. The van der Waals surface area contributed by atoms with Crippen molar-refractivity contribution in [3.05, 3.63) is 86.9 Å². The Hall–Kier alpha value is -3.49. The van der Waals surface area contributed by atoms with Crippen LogP contribution in [0.4, 0.5) is 0 Å². The summed E-state index contributed by atoms with van der Waals surface area (Å²) in [5, 5.41) is 0.619. The molecule has 1 aliphatic carbocycles. The van der Waals surface area contributed by atoms with Crippen molar-refractivity contribution >= 4 is 51.0 Å². The summed E-state index contributed by atoms with van der Waals surface area (Å²) < 4.78 is 33.7. The van der Waals surface area contributed by atoms with Gasteiger partial charge in [-0.25, -0.2) is 28.4 Å². The lowest BCUT2D eigenvalue weighted by Crippen LogP contribution is -2.59. The number of nitrogens with zero attached hydrogens (tertiary/aromatic N) is 3. The highest BCUT2D eigenvalue weighted by molar-refractivity contribution is 7.88. The number of ether oxygens (including phenoxy) is 1. The zero-order valence-electron chi connectivity index (χ0n) is 24.8. The average molecular weight is 679 g/mol. The Morgan fingerprint density at radius 1 is 1.09 bits per heavy atom. The third kappa shape index (κ3) is 6.87. The minimum Gasteiger partial charge on any atom is -0.464 e. The highest BCUT2D eigenvalue weighted by Gasteiger charge is 2.49. The van der Waals surface area contributed by atoms with Crippen LogP contribution in [0.2, 0.25) is 10.0 Å². The van der Waals surface area contributed by atoms with Crippen LogP contribution in [0, 0.1) is 0 Å². The highest BCUT2D eigenvalue weighted by Crippen LogP contribution is 2.47. The maximum Gasteiger partial charge on any atom is 0.356 e. The van der Waals surface area contributed by atoms with Gasteiger partial charge in [0.25, 0.3) is 11.8 Å². The number of halogens is 2. The smallest absolute Gasteiger partial charge is 0.356 e. The van der Waals surface area contributed by atoms with E-state index in [1.807, 2.05) is 0 Å². The number of fused-ring (bicyclic) bond motifs is 1. The molecule has 5 rings (SSSR count). The SMILES string of the molecule is COC(=O)c1cnc(CONC(=O)[C@@H]2c3ccccc3C(=O)N([C@H]3CCCC[C@@H]3NS(C)(=O)=O)[C@H]2c2ccc(Cl)cc2Cl)n1C. The third-order valence-electron chi connectivity index (χ3n) is 8.24. The number of sulfonamides is 1. The molecule has 0 spiro atoms. The quantitative estimate of drug-likeness (QED) is 0.256. The van der Waals surface area contributed by atoms with Crippen LogP contribution in [-0.2, 0) is 38.0 Å². The molecule has 2 N–H and O–H groups in total. The maximum atomic E-state index is 14.3. The van der Waals surface area contributed by atoms with E-state index in [0.717, 1.165) is 19.1 Å². The summed E-state index contributed by atoms with van der Waals surface area (Å²) in [6, 6.07) is 9.56. The van der Waals surface area contributed by atoms with E-state index in [1.165, 1.54) is 17.9 Å². The normalized spacial score (nSPS) is 21.7. The topological polar surface area (TPSA) is 149 Å². The number of imidazole rings is 1. The number of esters is 1. The third-order valence-corrected chi connectivity index (χ3v) is 9.54. The van der Waals surface area contributed by atoms with Crippen molar-refractivity contribution in [2.24, 2.45) is 7.05 Å². The van der Waals surface area contributed by atoms with Gasteiger partial charge in [0.15, 0.2) is 0 Å². The van der Waals surface area contributed by atoms with Gasteiger partial charge < -0.3 is 14.2 Å². The Morgan fingerprint density at radius 3 is 2.53 bits per heavy atom. The molecular formula is C30H33Cl2N5O7S. The van der Waals surface area contributed by atoms with E-state index in [2.05, 4.69) is 15.2 Å². The number of hydroxylamine groups is 1. The molecule has 0 saturated heterocycles. The maximum absolute atomic E-state index is 14.3. The lowest BCUT2D eigenvalue weighted by molar-refractivity contribution is -0.138. The number of carbonyl (C=O) groups is 3. The van der Waals surface area contributed by atoms with E-state index < -0.39 is 45.9 Å². The van der Waals surface area contributed by atoms with Gasteiger partial charge in [-0.1, -0.05) is 60.3 Å². The molecule has 2 aliphatic rings. The molecule has 0 bridgehead atoms. The predicted molar refractivity (Wildman–Crippen MR) is 166 cm³/mol. The molecule has 12 nitrogen and oxygen atoms in total. The number of carbonyl (C=O) groups excluding carboxylic acids is 3. The fourth-order valence-electron chi connectivity index (χ4n) is 6.24. The molecule has 45 heavy (non-hydrogen) atoms. The fourth-order valence-corrected chi connectivity index (χ4v) is 7.58. The van der Waals surface area contributed by atoms with Crippen molar-refractivity contribution in [2.45, 2.75) is 56.3 Å². The van der Waals surface area contributed by atoms with Crippen LogP contribution in [0.25, 0.3) is 0 Å². The summed E-state index contributed by atoms with van der Waals surface area (Å²) in [5.41, 5.74) is 3.97. The van der Waals surface area contributed by atoms with Gasteiger partial charge in [-0.05, 0) is 42.2 Å². The number of aromatic nitrogens is 2. The second-order valence-corrected chi connectivity index (χ2v) is 13.7. The second kappa shape index (κ2) is 13.5. The fraction of sp³-hybridized carbons (Fsp3) is 0.400. The van der Waals surface area contributed by atoms with Crippen LogP contribution in [0.5, 0.6) is 0 Å². The number of benzene rings is 2. The molecular weight excluding hydrogens is 645 g/mol. The van der Waals surface area contributed by atoms with Crippen LogP contribution >= 0.6 is 23.2 Å². The first-order chi connectivity index (χ1) is 21.4. The largest absolute Gasteiger partial charge is 0.464 e. The van der Waals surface area contributed by atoms with Crippen molar-refractivity contribution < 1.29 is 32.4 Å². The molecule has 1 saturated carbocycles. The Labute approximate surface area is 271 Å². The molecule has 15 heteroatoms. The minimum absolute atomic E-state index is 0.175. The standard InChI is InChI=1S/C30H33Cl2N5O7S/c1-36-24(30(40)43-2)15-33-25(36)16-44-34-28(38)26-18-8-4-5-9-19(18)29(39)37(27(26)20-13-12-17(31)14-21(20)32)23-11-7-6-10-22(23)35-45(3,41)42/h4-5,8-9,12-15,22-23,26-27,35H,6-7,10-11,16H2,1-3H3,(H,34,38)/t22-,23-,26+,27-/m0/s1. The molecule has 4 atom stereocenters. The summed E-state index contributed by atoms with van der Waals surface area (Å²) in [5.74, 6) is -2.14. The van der Waals surface area contributed by atoms with Crippen LogP contribution in [0.15, 0.2) is 48.7 Å². The summed E-state index contributed by atoms with van der Waals surface area (Å²) in [6.45, 7) is -0.175. The van der Waals surface area contributed by atoms with Crippen LogP contribution < -0.4 is 10.2 Å². The minimum atomic E-state index is -3.61. The van der Waals surface area contributed by atoms with Gasteiger partial charge in [0, 0.05) is 34.7 Å². The summed E-state index contributed by atoms with van der Waals surface area (Å²) in [7, 11) is -0.737. The summed E-state index contributed by atoms with van der Waals surface area (Å²) >= 11 is 13.0. The molecule has 1 aromatic heterocycles. The first-order valence-electron chi connectivity index (χ1n) is 14.3. The van der Waals surface area contributed by atoms with Crippen molar-refractivity contribution in [2.75, 3.05) is 13.4 Å². The van der Waals surface area contributed by atoms with E-state index in [0.29, 0.717) is 40.4 Å². The Morgan fingerprint density at radius 2 is 1.82 bits per heavy atom. The predicted octanol–water partition coefficient (Wildman–Crippen LogP) is 3.90. The van der Waals surface area contributed by atoms with Crippen molar-refractivity contribution in [3.8, 4) is 0 Å². The van der Waals surface area contributed by atoms with E-state index in [-0.39, 0.29) is 23.2 Å². The van der Waals surface area contributed by atoms with E-state index >= 15 is 0 Å². The van der Waals surface area contributed by atoms with Gasteiger partial charge in [0.05, 0.1) is 31.5 Å². The molecule has 2 amide bonds. The molecule has 2 aromatic carbocycles. The monoisotopic (exact) mass is 677 g/mol. The number of hydrogen-bond donors (Lipinski definition) is 2. The Kier molecular flexibility index (Phi) is 9.85. The second-order valence-electron chi connectivity index (χ2n) is 11.1. The van der Waals surface area contributed by atoms with Gasteiger partial charge in [-0.15, -0.1) is 0 Å². The molecule has 2 heterocycles. The molecule has 1 aliphatic heterocycles. The first-order valence-corrected chi connectivity index (χ1v) is 16.9. The van der Waals surface area contributed by atoms with Gasteiger partial charge in [0.2, 0.25) is 10.0 Å². The lowest BCUT2D eigenvalue weighted by atomic mass is 9.76. The van der Waals surface area contributed by atoms with Crippen LogP contribution in [0.3, 0.4) is 0 Å². The van der Waals surface area contributed by atoms with Gasteiger partial charge >= 0.3 is 5.97 Å². The van der Waals surface area contributed by atoms with Crippen LogP contribution in [-0.4, -0.2) is 66.1 Å². The van der Waals surface area contributed by atoms with Crippen molar-refractivity contribution in [1.82, 2.24) is 24.7 Å². The van der Waals surface area contributed by atoms with Crippen molar-refractivity contribution in [3.63, 3.8) is 0 Å². The van der Waals surface area contributed by atoms with E-state index in [1.54, 1.807) is 54.4 Å². The van der Waals surface area contributed by atoms with Crippen molar-refractivity contribution in [1.29, 1.82) is 0 Å². The number of rotatable bonds is 9. The van der Waals surface area contributed by atoms with E-state index in [4.69, 9.17) is 32.8 Å². The Bertz CT molecular complexity index is 1730. The average Bonchev–Trinajstić information content (AvgIpc) is 3.36. The molecule has 240 valence electrons. The molecule has 1 fully saturated rings.